The first-order valence-electron chi connectivity index (χ1n) is 6.05. The number of para-hydroxylation sites is 1. The van der Waals surface area contributed by atoms with E-state index in [1.165, 1.54) is 13.0 Å². The van der Waals surface area contributed by atoms with E-state index in [0.717, 1.165) is 17.5 Å². The summed E-state index contributed by atoms with van der Waals surface area (Å²) in [5.41, 5.74) is 0.361. The van der Waals surface area contributed by atoms with Gasteiger partial charge in [0.05, 0.1) is 5.56 Å². The number of fused-ring (bicyclic) bond motifs is 1. The summed E-state index contributed by atoms with van der Waals surface area (Å²) in [7, 11) is 0. The maximum atomic E-state index is 13.8. The minimum atomic E-state index is -0.755. The number of carbonyl (C=O) groups is 1. The molecule has 0 aliphatic carbocycles. The molecule has 3 rings (SSSR count). The largest absolute Gasteiger partial charge is 0.453 e. The number of hydrogen-bond acceptors (Lipinski definition) is 2. The molecule has 0 atom stereocenters. The molecule has 0 spiro atoms. The third kappa shape index (κ3) is 1.99. The maximum Gasteiger partial charge on any atom is 0.231 e. The molecule has 1 heterocycles. The standard InChI is InChI=1S/C16H10F2O2/c1-9-6-13(18)11(8-12(9)17)16(19)15-7-10-4-2-3-5-14(10)20-15/h2-8H,1H3. The number of carbonyl (C=O) groups excluding carboxylic acids is 1. The summed E-state index contributed by atoms with van der Waals surface area (Å²) in [6, 6.07) is 10.5. The van der Waals surface area contributed by atoms with Crippen LogP contribution in [-0.2, 0) is 0 Å². The number of benzene rings is 2. The molecule has 0 unspecified atom stereocenters. The maximum absolute atomic E-state index is 13.8. The van der Waals surface area contributed by atoms with Crippen molar-refractivity contribution < 1.29 is 18.0 Å². The van der Waals surface area contributed by atoms with E-state index in [9.17, 15) is 13.6 Å². The number of rotatable bonds is 2. The van der Waals surface area contributed by atoms with Crippen molar-refractivity contribution in [1.29, 1.82) is 0 Å². The number of ketones is 1. The van der Waals surface area contributed by atoms with Crippen LogP contribution in [0.4, 0.5) is 8.78 Å². The van der Waals surface area contributed by atoms with Gasteiger partial charge >= 0.3 is 0 Å². The molecule has 0 aliphatic rings. The zero-order valence-electron chi connectivity index (χ0n) is 10.6. The first-order chi connectivity index (χ1) is 9.56. The highest BCUT2D eigenvalue weighted by Crippen LogP contribution is 2.23. The molecule has 2 nitrogen and oxygen atoms in total. The summed E-state index contributed by atoms with van der Waals surface area (Å²) in [6.07, 6.45) is 0. The summed E-state index contributed by atoms with van der Waals surface area (Å²) >= 11 is 0. The molecular formula is C16H10F2O2. The number of hydrogen-bond donors (Lipinski definition) is 0. The molecule has 0 fully saturated rings. The molecule has 0 aliphatic heterocycles. The van der Waals surface area contributed by atoms with Gasteiger partial charge < -0.3 is 4.42 Å². The van der Waals surface area contributed by atoms with Crippen LogP contribution in [0.5, 0.6) is 0 Å². The molecule has 0 bridgehead atoms. The van der Waals surface area contributed by atoms with E-state index in [4.69, 9.17) is 4.42 Å². The second kappa shape index (κ2) is 4.56. The molecule has 0 N–H and O–H groups in total. The summed E-state index contributed by atoms with van der Waals surface area (Å²) in [6.45, 7) is 1.44. The first-order valence-corrected chi connectivity index (χ1v) is 6.05. The van der Waals surface area contributed by atoms with Gasteiger partial charge in [0.1, 0.15) is 17.2 Å². The normalized spacial score (nSPS) is 10.9. The third-order valence-corrected chi connectivity index (χ3v) is 3.14. The number of furan rings is 1. The van der Waals surface area contributed by atoms with Gasteiger partial charge in [0, 0.05) is 5.39 Å². The molecular weight excluding hydrogens is 262 g/mol. The second-order valence-corrected chi connectivity index (χ2v) is 4.56. The predicted octanol–water partition coefficient (Wildman–Crippen LogP) is 4.25. The van der Waals surface area contributed by atoms with Crippen molar-refractivity contribution in [3.05, 3.63) is 71.0 Å². The lowest BCUT2D eigenvalue weighted by Gasteiger charge is -2.02. The van der Waals surface area contributed by atoms with Crippen LogP contribution < -0.4 is 0 Å². The van der Waals surface area contributed by atoms with Gasteiger partial charge in [0.25, 0.3) is 0 Å². The quantitative estimate of drug-likeness (QED) is 0.653. The fraction of sp³-hybridized carbons (Fsp3) is 0.0625. The average Bonchev–Trinajstić information content (AvgIpc) is 2.86. The van der Waals surface area contributed by atoms with Gasteiger partial charge in [-0.3, -0.25) is 4.79 Å². The zero-order valence-corrected chi connectivity index (χ0v) is 10.6. The Kier molecular flexibility index (Phi) is 2.86. The van der Waals surface area contributed by atoms with Crippen LogP contribution in [0.3, 0.4) is 0 Å². The molecule has 0 saturated heterocycles. The van der Waals surface area contributed by atoms with Gasteiger partial charge in [-0.1, -0.05) is 18.2 Å². The van der Waals surface area contributed by atoms with E-state index in [0.29, 0.717) is 5.58 Å². The Balaban J connectivity index is 2.10. The summed E-state index contributed by atoms with van der Waals surface area (Å²) < 4.78 is 32.7. The summed E-state index contributed by atoms with van der Waals surface area (Å²) in [5, 5.41) is 0.740. The Morgan fingerprint density at radius 3 is 2.55 bits per heavy atom. The molecule has 1 aromatic heterocycles. The van der Waals surface area contributed by atoms with E-state index in [1.54, 1.807) is 24.3 Å². The van der Waals surface area contributed by atoms with Crippen molar-refractivity contribution >= 4 is 16.8 Å². The van der Waals surface area contributed by atoms with E-state index in [1.807, 2.05) is 0 Å². The molecule has 100 valence electrons. The van der Waals surface area contributed by atoms with Crippen LogP contribution >= 0.6 is 0 Å². The zero-order chi connectivity index (χ0) is 14.3. The topological polar surface area (TPSA) is 30.2 Å². The number of aryl methyl sites for hydroxylation is 1. The average molecular weight is 272 g/mol. The van der Waals surface area contributed by atoms with E-state index >= 15 is 0 Å². The second-order valence-electron chi connectivity index (χ2n) is 4.56. The van der Waals surface area contributed by atoms with Gasteiger partial charge in [0.2, 0.25) is 5.78 Å². The summed E-state index contributed by atoms with van der Waals surface area (Å²) in [4.78, 5) is 12.2. The van der Waals surface area contributed by atoms with Crippen molar-refractivity contribution in [1.82, 2.24) is 0 Å². The first kappa shape index (κ1) is 12.5. The number of halogens is 2. The predicted molar refractivity (Wildman–Crippen MR) is 70.7 cm³/mol. The van der Waals surface area contributed by atoms with Crippen LogP contribution in [-0.4, -0.2) is 5.78 Å². The highest BCUT2D eigenvalue weighted by Gasteiger charge is 2.19. The SMILES string of the molecule is Cc1cc(F)c(C(=O)c2cc3ccccc3o2)cc1F. The molecule has 4 heteroatoms. The molecule has 0 amide bonds. The fourth-order valence-electron chi connectivity index (χ4n) is 2.05. The highest BCUT2D eigenvalue weighted by atomic mass is 19.1. The smallest absolute Gasteiger partial charge is 0.231 e. The van der Waals surface area contributed by atoms with Crippen LogP contribution in [0.2, 0.25) is 0 Å². The highest BCUT2D eigenvalue weighted by molar-refractivity contribution is 6.09. The lowest BCUT2D eigenvalue weighted by molar-refractivity contribution is 0.101. The van der Waals surface area contributed by atoms with Crippen LogP contribution in [0.1, 0.15) is 21.7 Å². The monoisotopic (exact) mass is 272 g/mol. The molecule has 0 radical (unpaired) electrons. The molecule has 3 aromatic rings. The molecule has 2 aromatic carbocycles. The van der Waals surface area contributed by atoms with Gasteiger partial charge in [0.15, 0.2) is 5.76 Å². The van der Waals surface area contributed by atoms with Crippen molar-refractivity contribution in [2.75, 3.05) is 0 Å². The Bertz CT molecular complexity index is 785. The Hall–Kier alpha value is -2.49. The van der Waals surface area contributed by atoms with Crippen LogP contribution in [0, 0.1) is 18.6 Å². The van der Waals surface area contributed by atoms with Crippen molar-refractivity contribution in [3.8, 4) is 0 Å². The Morgan fingerprint density at radius 2 is 1.80 bits per heavy atom. The van der Waals surface area contributed by atoms with Crippen LogP contribution in [0.15, 0.2) is 46.9 Å². The Labute approximate surface area is 113 Å². The lowest BCUT2D eigenvalue weighted by Crippen LogP contribution is -2.04. The van der Waals surface area contributed by atoms with Crippen molar-refractivity contribution in [2.45, 2.75) is 6.92 Å². The molecule has 0 saturated carbocycles. The minimum absolute atomic E-state index is 0.00615. The molecule has 20 heavy (non-hydrogen) atoms. The van der Waals surface area contributed by atoms with Gasteiger partial charge in [-0.25, -0.2) is 8.78 Å². The van der Waals surface area contributed by atoms with E-state index < -0.39 is 17.4 Å². The summed E-state index contributed by atoms with van der Waals surface area (Å²) in [5.74, 6) is -2.05. The minimum Gasteiger partial charge on any atom is -0.453 e. The van der Waals surface area contributed by atoms with Crippen LogP contribution in [0.25, 0.3) is 11.0 Å². The van der Waals surface area contributed by atoms with Gasteiger partial charge in [-0.15, -0.1) is 0 Å². The third-order valence-electron chi connectivity index (χ3n) is 3.14. The van der Waals surface area contributed by atoms with E-state index in [-0.39, 0.29) is 16.9 Å². The van der Waals surface area contributed by atoms with Crippen molar-refractivity contribution in [2.24, 2.45) is 0 Å². The lowest BCUT2D eigenvalue weighted by atomic mass is 10.1. The van der Waals surface area contributed by atoms with Gasteiger partial charge in [-0.2, -0.15) is 0 Å². The Morgan fingerprint density at radius 1 is 1.05 bits per heavy atom. The fourth-order valence-corrected chi connectivity index (χ4v) is 2.05. The van der Waals surface area contributed by atoms with Crippen molar-refractivity contribution in [3.63, 3.8) is 0 Å². The van der Waals surface area contributed by atoms with Gasteiger partial charge in [-0.05, 0) is 36.8 Å². The van der Waals surface area contributed by atoms with E-state index in [2.05, 4.69) is 0 Å².